The third kappa shape index (κ3) is 4.34. The molecule has 8 heteroatoms. The van der Waals surface area contributed by atoms with Crippen molar-refractivity contribution in [3.63, 3.8) is 0 Å². The second kappa shape index (κ2) is 8.26. The molecule has 0 bridgehead atoms. The van der Waals surface area contributed by atoms with Crippen LogP contribution in [0.25, 0.3) is 0 Å². The van der Waals surface area contributed by atoms with Crippen molar-refractivity contribution in [1.82, 2.24) is 9.21 Å². The Labute approximate surface area is 161 Å². The molecular formula is C19H28N2O5S. The number of amides is 1. The molecule has 0 radical (unpaired) electrons. The summed E-state index contributed by atoms with van der Waals surface area (Å²) in [6, 6.07) is 4.87. The smallest absolute Gasteiger partial charge is 0.243 e. The van der Waals surface area contributed by atoms with E-state index in [1.54, 1.807) is 23.1 Å². The van der Waals surface area contributed by atoms with Gasteiger partial charge in [0.1, 0.15) is 0 Å². The van der Waals surface area contributed by atoms with Crippen molar-refractivity contribution in [2.45, 2.75) is 50.3 Å². The van der Waals surface area contributed by atoms with Gasteiger partial charge in [0.05, 0.1) is 30.7 Å². The van der Waals surface area contributed by atoms with Crippen molar-refractivity contribution in [1.29, 1.82) is 0 Å². The number of rotatable bonds is 5. The molecule has 1 atom stereocenters. The van der Waals surface area contributed by atoms with Crippen molar-refractivity contribution in [2.24, 2.45) is 0 Å². The number of sulfonamides is 1. The highest BCUT2D eigenvalue weighted by atomic mass is 32.2. The summed E-state index contributed by atoms with van der Waals surface area (Å²) in [7, 11) is -2.28. The van der Waals surface area contributed by atoms with E-state index >= 15 is 0 Å². The number of ether oxygens (including phenoxy) is 2. The van der Waals surface area contributed by atoms with Gasteiger partial charge < -0.3 is 14.4 Å². The molecule has 2 saturated heterocycles. The van der Waals surface area contributed by atoms with E-state index in [1.807, 2.05) is 13.8 Å². The van der Waals surface area contributed by atoms with E-state index < -0.39 is 16.3 Å². The number of carbonyl (C=O) groups excluding carboxylic acids is 1. The van der Waals surface area contributed by atoms with E-state index in [4.69, 9.17) is 9.47 Å². The minimum absolute atomic E-state index is 0.147. The quantitative estimate of drug-likeness (QED) is 0.757. The molecule has 1 aromatic rings. The van der Waals surface area contributed by atoms with Gasteiger partial charge in [-0.05, 0) is 56.4 Å². The van der Waals surface area contributed by atoms with Gasteiger partial charge in [-0.3, -0.25) is 4.79 Å². The van der Waals surface area contributed by atoms with E-state index in [9.17, 15) is 13.2 Å². The summed E-state index contributed by atoms with van der Waals surface area (Å²) in [5, 5.41) is 0. The summed E-state index contributed by atoms with van der Waals surface area (Å²) in [5.74, 6) is -0.214. The molecule has 7 nitrogen and oxygen atoms in total. The normalized spacial score (nSPS) is 21.8. The summed E-state index contributed by atoms with van der Waals surface area (Å²) in [4.78, 5) is 14.8. The van der Waals surface area contributed by atoms with Gasteiger partial charge in [0.2, 0.25) is 15.9 Å². The molecule has 27 heavy (non-hydrogen) atoms. The van der Waals surface area contributed by atoms with Gasteiger partial charge >= 0.3 is 0 Å². The number of benzene rings is 1. The summed E-state index contributed by atoms with van der Waals surface area (Å²) in [6.45, 7) is 5.28. The first-order chi connectivity index (χ1) is 12.8. The van der Waals surface area contributed by atoms with Crippen LogP contribution in [0.4, 0.5) is 0 Å². The van der Waals surface area contributed by atoms with Gasteiger partial charge in [0, 0.05) is 13.6 Å². The van der Waals surface area contributed by atoms with Crippen LogP contribution in [0.15, 0.2) is 23.1 Å². The zero-order valence-electron chi connectivity index (χ0n) is 16.2. The lowest BCUT2D eigenvalue weighted by atomic mass is 10.0. The predicted molar refractivity (Wildman–Crippen MR) is 101 cm³/mol. The van der Waals surface area contributed by atoms with E-state index in [2.05, 4.69) is 0 Å². The highest BCUT2D eigenvalue weighted by molar-refractivity contribution is 7.89. The van der Waals surface area contributed by atoms with E-state index in [0.29, 0.717) is 19.8 Å². The maximum atomic E-state index is 12.9. The monoisotopic (exact) mass is 396 g/mol. The SMILES string of the molecule is Cc1ccc(S(=O)(=O)N(C)CC(=O)N2CCCCC2C2OCCO2)cc1C. The molecule has 2 fully saturated rings. The maximum absolute atomic E-state index is 12.9. The Morgan fingerprint density at radius 3 is 2.56 bits per heavy atom. The summed E-state index contributed by atoms with van der Waals surface area (Å²) >= 11 is 0. The van der Waals surface area contributed by atoms with Crippen LogP contribution in [0.5, 0.6) is 0 Å². The number of hydrogen-bond acceptors (Lipinski definition) is 5. The van der Waals surface area contributed by atoms with E-state index in [1.165, 1.54) is 7.05 Å². The lowest BCUT2D eigenvalue weighted by molar-refractivity contribution is -0.150. The van der Waals surface area contributed by atoms with Crippen LogP contribution in [-0.2, 0) is 24.3 Å². The Morgan fingerprint density at radius 1 is 1.19 bits per heavy atom. The van der Waals surface area contributed by atoms with Crippen LogP contribution in [0.2, 0.25) is 0 Å². The van der Waals surface area contributed by atoms with Gasteiger partial charge in [0.25, 0.3) is 0 Å². The van der Waals surface area contributed by atoms with Crippen molar-refractivity contribution < 1.29 is 22.7 Å². The average molecular weight is 397 g/mol. The molecule has 3 rings (SSSR count). The molecule has 1 amide bonds. The molecule has 1 aromatic carbocycles. The topological polar surface area (TPSA) is 76.2 Å². The predicted octanol–water partition coefficient (Wildman–Crippen LogP) is 1.68. The molecule has 2 aliphatic heterocycles. The van der Waals surface area contributed by atoms with E-state index in [-0.39, 0.29) is 23.4 Å². The lowest BCUT2D eigenvalue weighted by Gasteiger charge is -2.38. The third-order valence-corrected chi connectivity index (χ3v) is 7.18. The fraction of sp³-hybridized carbons (Fsp3) is 0.632. The zero-order chi connectivity index (χ0) is 19.6. The maximum Gasteiger partial charge on any atom is 0.243 e. The first kappa shape index (κ1) is 20.3. The number of nitrogens with zero attached hydrogens (tertiary/aromatic N) is 2. The van der Waals surface area contributed by atoms with Crippen molar-refractivity contribution in [2.75, 3.05) is 33.4 Å². The number of likely N-dealkylation sites (N-methyl/N-ethyl adjacent to an activating group) is 1. The number of hydrogen-bond donors (Lipinski definition) is 0. The molecule has 0 N–H and O–H groups in total. The molecule has 0 aliphatic carbocycles. The van der Waals surface area contributed by atoms with Gasteiger partial charge in [0.15, 0.2) is 6.29 Å². The van der Waals surface area contributed by atoms with Gasteiger partial charge in [-0.2, -0.15) is 4.31 Å². The third-order valence-electron chi connectivity index (χ3n) is 5.38. The van der Waals surface area contributed by atoms with Crippen molar-refractivity contribution in [3.05, 3.63) is 29.3 Å². The van der Waals surface area contributed by atoms with Crippen LogP contribution in [0.1, 0.15) is 30.4 Å². The Bertz CT molecular complexity index is 789. The Hall–Kier alpha value is -1.48. The second-order valence-electron chi connectivity index (χ2n) is 7.27. The lowest BCUT2D eigenvalue weighted by Crippen LogP contribution is -2.53. The number of aryl methyl sites for hydroxylation is 2. The number of carbonyl (C=O) groups is 1. The van der Waals surface area contributed by atoms with Crippen molar-refractivity contribution in [3.8, 4) is 0 Å². The largest absolute Gasteiger partial charge is 0.348 e. The molecular weight excluding hydrogens is 368 g/mol. The zero-order valence-corrected chi connectivity index (χ0v) is 17.0. The number of piperidine rings is 1. The van der Waals surface area contributed by atoms with Crippen LogP contribution in [0.3, 0.4) is 0 Å². The molecule has 0 spiro atoms. The summed E-state index contributed by atoms with van der Waals surface area (Å²) in [6.07, 6.45) is 2.32. The summed E-state index contributed by atoms with van der Waals surface area (Å²) in [5.41, 5.74) is 1.93. The highest BCUT2D eigenvalue weighted by Gasteiger charge is 2.37. The van der Waals surface area contributed by atoms with Gasteiger partial charge in [-0.1, -0.05) is 6.07 Å². The minimum Gasteiger partial charge on any atom is -0.348 e. The van der Waals surface area contributed by atoms with Crippen LogP contribution >= 0.6 is 0 Å². The van der Waals surface area contributed by atoms with Gasteiger partial charge in [-0.15, -0.1) is 0 Å². The molecule has 0 aromatic heterocycles. The first-order valence-corrected chi connectivity index (χ1v) is 10.8. The molecule has 1 unspecified atom stereocenters. The standard InChI is InChI=1S/C19H28N2O5S/c1-14-7-8-16(12-15(14)2)27(23,24)20(3)13-18(22)21-9-5-4-6-17(21)19-25-10-11-26-19/h7-8,12,17,19H,4-6,9-11,13H2,1-3H3. The number of likely N-dealkylation sites (tertiary alicyclic amines) is 1. The minimum atomic E-state index is -3.73. The molecule has 2 heterocycles. The van der Waals surface area contributed by atoms with Gasteiger partial charge in [-0.25, -0.2) is 8.42 Å². The Morgan fingerprint density at radius 2 is 1.89 bits per heavy atom. The van der Waals surface area contributed by atoms with Crippen LogP contribution in [-0.4, -0.2) is 69.2 Å². The summed E-state index contributed by atoms with van der Waals surface area (Å²) < 4.78 is 38.0. The highest BCUT2D eigenvalue weighted by Crippen LogP contribution is 2.25. The Kier molecular flexibility index (Phi) is 6.20. The second-order valence-corrected chi connectivity index (χ2v) is 9.31. The fourth-order valence-electron chi connectivity index (χ4n) is 3.57. The molecule has 2 aliphatic rings. The van der Waals surface area contributed by atoms with Crippen LogP contribution < -0.4 is 0 Å². The first-order valence-electron chi connectivity index (χ1n) is 9.37. The van der Waals surface area contributed by atoms with Crippen molar-refractivity contribution >= 4 is 15.9 Å². The molecule has 150 valence electrons. The average Bonchev–Trinajstić information content (AvgIpc) is 3.18. The van der Waals surface area contributed by atoms with Crippen LogP contribution in [0, 0.1) is 13.8 Å². The molecule has 0 saturated carbocycles. The Balaban J connectivity index is 1.72. The fourth-order valence-corrected chi connectivity index (χ4v) is 4.78. The van der Waals surface area contributed by atoms with E-state index in [0.717, 1.165) is 34.7 Å².